The summed E-state index contributed by atoms with van der Waals surface area (Å²) in [6, 6.07) is 12.7. The second kappa shape index (κ2) is 8.49. The topological polar surface area (TPSA) is 64.6 Å². The Balaban J connectivity index is 2.01. The Labute approximate surface area is 149 Å². The molecule has 0 unspecified atom stereocenters. The van der Waals surface area contributed by atoms with Crippen LogP contribution in [-0.4, -0.2) is 26.1 Å². The van der Waals surface area contributed by atoms with Crippen molar-refractivity contribution in [1.82, 2.24) is 5.32 Å². The number of hydrogen-bond acceptors (Lipinski definition) is 4. The van der Waals surface area contributed by atoms with Crippen LogP contribution in [0.5, 0.6) is 5.75 Å². The first-order valence-electron chi connectivity index (χ1n) is 7.30. The van der Waals surface area contributed by atoms with E-state index in [1.807, 2.05) is 24.3 Å². The molecule has 0 heterocycles. The maximum Gasteiger partial charge on any atom is 0.341 e. The Morgan fingerprint density at radius 3 is 2.54 bits per heavy atom. The smallest absolute Gasteiger partial charge is 0.341 e. The monoisotopic (exact) mass is 391 g/mol. The molecular weight excluding hydrogens is 374 g/mol. The van der Waals surface area contributed by atoms with E-state index in [1.54, 1.807) is 18.2 Å². The molecule has 2 aromatic rings. The van der Waals surface area contributed by atoms with Gasteiger partial charge in [0.05, 0.1) is 20.6 Å². The van der Waals surface area contributed by atoms with Crippen molar-refractivity contribution in [1.29, 1.82) is 0 Å². The summed E-state index contributed by atoms with van der Waals surface area (Å²) in [5, 5.41) is 2.84. The minimum atomic E-state index is -0.478. The fourth-order valence-corrected chi connectivity index (χ4v) is 2.68. The van der Waals surface area contributed by atoms with Crippen LogP contribution in [0.2, 0.25) is 0 Å². The van der Waals surface area contributed by atoms with Crippen LogP contribution in [0.3, 0.4) is 0 Å². The SMILES string of the molecule is COC(=O)c1cc(CNC(=O)Cc2cccc(Br)c2)ccc1OC. The number of methoxy groups -OCH3 is 2. The number of ether oxygens (including phenoxy) is 2. The van der Waals surface area contributed by atoms with Crippen molar-refractivity contribution < 1.29 is 19.1 Å². The van der Waals surface area contributed by atoms with Gasteiger partial charge in [0.25, 0.3) is 0 Å². The summed E-state index contributed by atoms with van der Waals surface area (Å²) in [7, 11) is 2.80. The lowest BCUT2D eigenvalue weighted by Gasteiger charge is -2.10. The summed E-state index contributed by atoms with van der Waals surface area (Å²) < 4.78 is 10.8. The maximum absolute atomic E-state index is 12.1. The Bertz CT molecular complexity index is 746. The molecule has 126 valence electrons. The molecule has 0 aliphatic rings. The predicted octanol–water partition coefficient (Wildman–Crippen LogP) is 3.10. The van der Waals surface area contributed by atoms with Crippen molar-refractivity contribution in [3.63, 3.8) is 0 Å². The largest absolute Gasteiger partial charge is 0.496 e. The number of carbonyl (C=O) groups excluding carboxylic acids is 2. The second-order valence-corrected chi connectivity index (χ2v) is 6.03. The average Bonchev–Trinajstić information content (AvgIpc) is 2.59. The maximum atomic E-state index is 12.1. The van der Waals surface area contributed by atoms with Gasteiger partial charge in [-0.1, -0.05) is 34.1 Å². The summed E-state index contributed by atoms with van der Waals surface area (Å²) in [5.74, 6) is -0.135. The first-order valence-corrected chi connectivity index (χ1v) is 8.09. The van der Waals surface area contributed by atoms with E-state index < -0.39 is 5.97 Å². The van der Waals surface area contributed by atoms with Gasteiger partial charge < -0.3 is 14.8 Å². The van der Waals surface area contributed by atoms with E-state index in [2.05, 4.69) is 21.2 Å². The van der Waals surface area contributed by atoms with Gasteiger partial charge in [-0.05, 0) is 35.4 Å². The van der Waals surface area contributed by atoms with E-state index in [0.717, 1.165) is 15.6 Å². The lowest BCUT2D eigenvalue weighted by Crippen LogP contribution is -2.24. The Morgan fingerprint density at radius 1 is 1.08 bits per heavy atom. The third kappa shape index (κ3) is 4.83. The number of amides is 1. The number of halogens is 1. The highest BCUT2D eigenvalue weighted by molar-refractivity contribution is 9.10. The summed E-state index contributed by atoms with van der Waals surface area (Å²) in [6.45, 7) is 0.320. The van der Waals surface area contributed by atoms with Gasteiger partial charge in [-0.15, -0.1) is 0 Å². The molecule has 0 spiro atoms. The molecule has 0 bridgehead atoms. The molecular formula is C18H18BrNO4. The Morgan fingerprint density at radius 2 is 1.88 bits per heavy atom. The Hall–Kier alpha value is -2.34. The zero-order valence-corrected chi connectivity index (χ0v) is 15.1. The molecule has 2 aromatic carbocycles. The van der Waals surface area contributed by atoms with Crippen LogP contribution in [0.15, 0.2) is 46.9 Å². The zero-order valence-electron chi connectivity index (χ0n) is 13.5. The predicted molar refractivity (Wildman–Crippen MR) is 94.0 cm³/mol. The van der Waals surface area contributed by atoms with Crippen molar-refractivity contribution in [2.45, 2.75) is 13.0 Å². The third-order valence-electron chi connectivity index (χ3n) is 3.41. The van der Waals surface area contributed by atoms with Gasteiger partial charge in [0.1, 0.15) is 11.3 Å². The normalized spacial score (nSPS) is 10.1. The van der Waals surface area contributed by atoms with Crippen molar-refractivity contribution in [2.75, 3.05) is 14.2 Å². The molecule has 0 fully saturated rings. The lowest BCUT2D eigenvalue weighted by atomic mass is 10.1. The number of nitrogens with one attached hydrogen (secondary N) is 1. The highest BCUT2D eigenvalue weighted by atomic mass is 79.9. The highest BCUT2D eigenvalue weighted by Gasteiger charge is 2.13. The minimum Gasteiger partial charge on any atom is -0.496 e. The highest BCUT2D eigenvalue weighted by Crippen LogP contribution is 2.20. The summed E-state index contributed by atoms with van der Waals surface area (Å²) in [6.07, 6.45) is 0.291. The zero-order chi connectivity index (χ0) is 17.5. The molecule has 24 heavy (non-hydrogen) atoms. The molecule has 1 amide bonds. The number of carbonyl (C=O) groups is 2. The van der Waals surface area contributed by atoms with E-state index in [1.165, 1.54) is 14.2 Å². The van der Waals surface area contributed by atoms with E-state index in [9.17, 15) is 9.59 Å². The van der Waals surface area contributed by atoms with Gasteiger partial charge in [-0.2, -0.15) is 0 Å². The summed E-state index contributed by atoms with van der Waals surface area (Å²) in [4.78, 5) is 23.8. The van der Waals surface area contributed by atoms with E-state index in [0.29, 0.717) is 24.3 Å². The molecule has 0 atom stereocenters. The van der Waals surface area contributed by atoms with Gasteiger partial charge in [0.15, 0.2) is 0 Å². The molecule has 0 aliphatic carbocycles. The van der Waals surface area contributed by atoms with Gasteiger partial charge >= 0.3 is 5.97 Å². The van der Waals surface area contributed by atoms with E-state index in [4.69, 9.17) is 9.47 Å². The number of rotatable bonds is 6. The summed E-state index contributed by atoms with van der Waals surface area (Å²) in [5.41, 5.74) is 2.05. The lowest BCUT2D eigenvalue weighted by molar-refractivity contribution is -0.120. The van der Waals surface area contributed by atoms with Crippen molar-refractivity contribution in [3.05, 3.63) is 63.6 Å². The molecule has 2 rings (SSSR count). The third-order valence-corrected chi connectivity index (χ3v) is 3.91. The summed E-state index contributed by atoms with van der Waals surface area (Å²) >= 11 is 3.38. The molecule has 6 heteroatoms. The van der Waals surface area contributed by atoms with Gasteiger partial charge in [0.2, 0.25) is 5.91 Å². The second-order valence-electron chi connectivity index (χ2n) is 5.11. The number of benzene rings is 2. The van der Waals surface area contributed by atoms with Gasteiger partial charge in [0, 0.05) is 11.0 Å². The quantitative estimate of drug-likeness (QED) is 0.768. The molecule has 0 radical (unpaired) electrons. The fraction of sp³-hybridized carbons (Fsp3) is 0.222. The number of esters is 1. The standard InChI is InChI=1S/C18H18BrNO4/c1-23-16-7-6-13(9-15(16)18(22)24-2)11-20-17(21)10-12-4-3-5-14(19)8-12/h3-9H,10-11H2,1-2H3,(H,20,21). The van der Waals surface area contributed by atoms with Crippen LogP contribution >= 0.6 is 15.9 Å². The van der Waals surface area contributed by atoms with Gasteiger partial charge in [-0.3, -0.25) is 4.79 Å². The van der Waals surface area contributed by atoms with Gasteiger partial charge in [-0.25, -0.2) is 4.79 Å². The van der Waals surface area contributed by atoms with Crippen LogP contribution in [0.4, 0.5) is 0 Å². The first kappa shape index (κ1) is 18.0. The van der Waals surface area contributed by atoms with Crippen LogP contribution in [-0.2, 0) is 22.5 Å². The first-order chi connectivity index (χ1) is 11.5. The molecule has 5 nitrogen and oxygen atoms in total. The van der Waals surface area contributed by atoms with E-state index >= 15 is 0 Å². The fourth-order valence-electron chi connectivity index (χ4n) is 2.23. The van der Waals surface area contributed by atoms with Crippen LogP contribution < -0.4 is 10.1 Å². The van der Waals surface area contributed by atoms with Crippen LogP contribution in [0.25, 0.3) is 0 Å². The van der Waals surface area contributed by atoms with E-state index in [-0.39, 0.29) is 5.91 Å². The molecule has 0 saturated heterocycles. The van der Waals surface area contributed by atoms with Crippen LogP contribution in [0.1, 0.15) is 21.5 Å². The molecule has 0 aromatic heterocycles. The molecule has 1 N–H and O–H groups in total. The molecule has 0 aliphatic heterocycles. The minimum absolute atomic E-state index is 0.0939. The van der Waals surface area contributed by atoms with Crippen molar-refractivity contribution in [2.24, 2.45) is 0 Å². The molecule has 0 saturated carbocycles. The van der Waals surface area contributed by atoms with Crippen molar-refractivity contribution in [3.8, 4) is 5.75 Å². The number of hydrogen-bond donors (Lipinski definition) is 1. The Kier molecular flexibility index (Phi) is 6.37. The van der Waals surface area contributed by atoms with Crippen LogP contribution in [0, 0.1) is 0 Å². The van der Waals surface area contributed by atoms with Crippen molar-refractivity contribution >= 4 is 27.8 Å². The average molecular weight is 392 g/mol.